The molecule has 2 saturated heterocycles. The summed E-state index contributed by atoms with van der Waals surface area (Å²) in [5, 5.41) is 9.02. The monoisotopic (exact) mass is 463 g/mol. The summed E-state index contributed by atoms with van der Waals surface area (Å²) in [6.45, 7) is 4.03. The highest BCUT2D eigenvalue weighted by Gasteiger charge is 2.56. The van der Waals surface area contributed by atoms with Crippen LogP contribution in [0.3, 0.4) is 0 Å². The molecule has 11 heteroatoms. The third-order valence-electron chi connectivity index (χ3n) is 5.27. The van der Waals surface area contributed by atoms with Crippen molar-refractivity contribution in [3.8, 4) is 0 Å². The number of ether oxygens (including phenoxy) is 3. The van der Waals surface area contributed by atoms with Gasteiger partial charge in [0.15, 0.2) is 23.9 Å². The highest BCUT2D eigenvalue weighted by molar-refractivity contribution is 6.31. The molecule has 0 bridgehead atoms. The summed E-state index contributed by atoms with van der Waals surface area (Å²) < 4.78 is 19.3. The van der Waals surface area contributed by atoms with Gasteiger partial charge < -0.3 is 24.3 Å². The maximum Gasteiger partial charge on any atom is 0.226 e. The van der Waals surface area contributed by atoms with Crippen molar-refractivity contribution >= 4 is 46.3 Å². The van der Waals surface area contributed by atoms with Crippen molar-refractivity contribution in [3.63, 3.8) is 0 Å². The van der Waals surface area contributed by atoms with Crippen LogP contribution >= 0.6 is 23.2 Å². The Hall–Kier alpha value is -2.30. The van der Waals surface area contributed by atoms with Gasteiger partial charge in [-0.1, -0.05) is 29.8 Å². The third kappa shape index (κ3) is 3.66. The van der Waals surface area contributed by atoms with E-state index in [1.807, 2.05) is 24.3 Å². The number of aldehydes is 1. The van der Waals surface area contributed by atoms with Crippen LogP contribution < -0.4 is 5.32 Å². The molecule has 2 aromatic heterocycles. The third-order valence-corrected chi connectivity index (χ3v) is 5.81. The molecule has 0 spiro atoms. The van der Waals surface area contributed by atoms with Crippen molar-refractivity contribution in [2.45, 2.75) is 50.7 Å². The van der Waals surface area contributed by atoms with Crippen LogP contribution in [0.15, 0.2) is 30.5 Å². The summed E-state index contributed by atoms with van der Waals surface area (Å²) in [7, 11) is 0. The Morgan fingerprint density at radius 2 is 1.97 bits per heavy atom. The Bertz CT molecular complexity index is 1150. The van der Waals surface area contributed by atoms with Gasteiger partial charge in [0.1, 0.15) is 24.1 Å². The highest BCUT2D eigenvalue weighted by Crippen LogP contribution is 2.43. The molecule has 2 aliphatic rings. The molecule has 4 heterocycles. The van der Waals surface area contributed by atoms with Crippen LogP contribution in [0.4, 0.5) is 5.82 Å². The van der Waals surface area contributed by atoms with Gasteiger partial charge in [0.05, 0.1) is 11.6 Å². The van der Waals surface area contributed by atoms with Gasteiger partial charge in [-0.15, -0.1) is 0 Å². The molecule has 1 aromatic carbocycles. The van der Waals surface area contributed by atoms with Crippen molar-refractivity contribution in [1.29, 1.82) is 0 Å². The number of benzene rings is 1. The number of nitrogens with one attached hydrogen (secondary N) is 1. The summed E-state index contributed by atoms with van der Waals surface area (Å²) in [4.78, 5) is 20.2. The molecule has 0 amide bonds. The largest absolute Gasteiger partial charge is 0.365 e. The van der Waals surface area contributed by atoms with Crippen molar-refractivity contribution in [1.82, 2.24) is 19.7 Å². The predicted molar refractivity (Wildman–Crippen MR) is 113 cm³/mol. The Labute approximate surface area is 187 Å². The quantitative estimate of drug-likeness (QED) is 0.453. The number of hydrogen-bond donors (Lipinski definition) is 1. The first-order valence-electron chi connectivity index (χ1n) is 9.71. The molecule has 5 rings (SSSR count). The molecule has 0 saturated carbocycles. The zero-order valence-electron chi connectivity index (χ0n) is 16.7. The molecule has 2 aliphatic heterocycles. The fourth-order valence-corrected chi connectivity index (χ4v) is 4.32. The zero-order chi connectivity index (χ0) is 21.8. The van der Waals surface area contributed by atoms with E-state index in [0.29, 0.717) is 34.7 Å². The van der Waals surface area contributed by atoms with Gasteiger partial charge in [-0.05, 0) is 37.1 Å². The van der Waals surface area contributed by atoms with E-state index in [9.17, 15) is 4.79 Å². The molecule has 162 valence electrons. The van der Waals surface area contributed by atoms with E-state index < -0.39 is 30.3 Å². The molecule has 0 unspecified atom stereocenters. The van der Waals surface area contributed by atoms with E-state index in [-0.39, 0.29) is 5.28 Å². The second-order valence-electron chi connectivity index (χ2n) is 7.80. The van der Waals surface area contributed by atoms with E-state index >= 15 is 0 Å². The lowest BCUT2D eigenvalue weighted by Crippen LogP contribution is -2.30. The number of halogens is 2. The highest BCUT2D eigenvalue weighted by atomic mass is 35.5. The topological polar surface area (TPSA) is 100 Å². The second-order valence-corrected chi connectivity index (χ2v) is 8.55. The molecular weight excluding hydrogens is 445 g/mol. The molecular formula is C20H19Cl2N5O4. The van der Waals surface area contributed by atoms with Gasteiger partial charge in [-0.2, -0.15) is 15.1 Å². The molecule has 0 aliphatic carbocycles. The van der Waals surface area contributed by atoms with Crippen LogP contribution in [0.25, 0.3) is 11.0 Å². The first-order valence-corrected chi connectivity index (χ1v) is 10.5. The summed E-state index contributed by atoms with van der Waals surface area (Å²) in [6.07, 6.45) is -0.206. The normalized spacial score (nSPS) is 26.8. The van der Waals surface area contributed by atoms with E-state index in [2.05, 4.69) is 20.4 Å². The maximum atomic E-state index is 11.5. The Morgan fingerprint density at radius 1 is 1.19 bits per heavy atom. The fourth-order valence-electron chi connectivity index (χ4n) is 3.95. The predicted octanol–water partition coefficient (Wildman–Crippen LogP) is 3.36. The molecule has 3 aromatic rings. The minimum atomic E-state index is -0.837. The number of fused-ring (bicyclic) bond motifs is 2. The molecule has 0 radical (unpaired) electrons. The lowest BCUT2D eigenvalue weighted by atomic mass is 10.1. The van der Waals surface area contributed by atoms with Crippen LogP contribution in [0.2, 0.25) is 10.3 Å². The van der Waals surface area contributed by atoms with Crippen molar-refractivity contribution in [2.24, 2.45) is 0 Å². The fraction of sp³-hybridized carbons (Fsp3) is 0.400. The van der Waals surface area contributed by atoms with E-state index in [1.165, 1.54) is 0 Å². The number of hydrogen-bond acceptors (Lipinski definition) is 8. The number of anilines is 1. The SMILES string of the molecule is CC1(C)O[C@@H]2[C@H](O1)[C@@H](C=O)O[C@H]2n1ncc2c(NCc3ccccc3Cl)nc(Cl)nc21. The molecule has 4 atom stereocenters. The standard InChI is InChI=1S/C20H19Cl2N5O4/c1-20(2)30-14-13(9-28)29-18(15(14)31-20)27-17-11(8-24-27)16(25-19(22)26-17)23-7-10-5-3-4-6-12(10)21/h3-6,8-9,13-15,18H,7H2,1-2H3,(H,23,25,26)/t13-,14-,15-,18-/m1/s1. The van der Waals surface area contributed by atoms with Crippen molar-refractivity contribution < 1.29 is 19.0 Å². The average molecular weight is 464 g/mol. The lowest BCUT2D eigenvalue weighted by molar-refractivity contribution is -0.195. The summed E-state index contributed by atoms with van der Waals surface area (Å²) in [5.74, 6) is -0.331. The van der Waals surface area contributed by atoms with E-state index in [0.717, 1.165) is 5.56 Å². The smallest absolute Gasteiger partial charge is 0.226 e. The van der Waals surface area contributed by atoms with E-state index in [4.69, 9.17) is 37.4 Å². The van der Waals surface area contributed by atoms with Crippen LogP contribution in [0.1, 0.15) is 25.6 Å². The number of rotatable bonds is 5. The number of carbonyl (C=O) groups excluding carboxylic acids is 1. The maximum absolute atomic E-state index is 11.5. The average Bonchev–Trinajstić information content (AvgIpc) is 3.37. The summed E-state index contributed by atoms with van der Waals surface area (Å²) in [5.41, 5.74) is 1.36. The molecule has 1 N–H and O–H groups in total. The Morgan fingerprint density at radius 3 is 2.74 bits per heavy atom. The second kappa shape index (κ2) is 7.68. The first kappa shape index (κ1) is 20.6. The van der Waals surface area contributed by atoms with Crippen molar-refractivity contribution in [2.75, 3.05) is 5.32 Å². The lowest BCUT2D eigenvalue weighted by Gasteiger charge is -2.23. The van der Waals surface area contributed by atoms with Gasteiger partial charge in [0, 0.05) is 11.6 Å². The van der Waals surface area contributed by atoms with Crippen molar-refractivity contribution in [3.05, 3.63) is 46.3 Å². The minimum absolute atomic E-state index is 0.0429. The molecule has 31 heavy (non-hydrogen) atoms. The molecule has 9 nitrogen and oxygen atoms in total. The van der Waals surface area contributed by atoms with Gasteiger partial charge in [-0.25, -0.2) is 4.68 Å². The van der Waals surface area contributed by atoms with Crippen LogP contribution in [-0.4, -0.2) is 50.1 Å². The van der Waals surface area contributed by atoms with Crippen LogP contribution in [-0.2, 0) is 25.5 Å². The Kier molecular flexibility index (Phi) is 5.10. The summed E-state index contributed by atoms with van der Waals surface area (Å²) >= 11 is 12.4. The summed E-state index contributed by atoms with van der Waals surface area (Å²) in [6, 6.07) is 7.52. The zero-order valence-corrected chi connectivity index (χ0v) is 18.2. The van der Waals surface area contributed by atoms with Gasteiger partial charge in [0.2, 0.25) is 5.28 Å². The number of aromatic nitrogens is 4. The minimum Gasteiger partial charge on any atom is -0.365 e. The van der Waals surface area contributed by atoms with Gasteiger partial charge >= 0.3 is 0 Å². The Balaban J connectivity index is 1.49. The van der Waals surface area contributed by atoms with Crippen LogP contribution in [0, 0.1) is 0 Å². The first-order chi connectivity index (χ1) is 14.9. The number of nitrogens with zero attached hydrogens (tertiary/aromatic N) is 4. The van der Waals surface area contributed by atoms with Gasteiger partial charge in [-0.3, -0.25) is 0 Å². The molecule has 2 fully saturated rings. The van der Waals surface area contributed by atoms with Gasteiger partial charge in [0.25, 0.3) is 0 Å². The van der Waals surface area contributed by atoms with E-state index in [1.54, 1.807) is 24.7 Å². The van der Waals surface area contributed by atoms with Crippen LogP contribution in [0.5, 0.6) is 0 Å². The number of carbonyl (C=O) groups is 1.